The van der Waals surface area contributed by atoms with E-state index in [4.69, 9.17) is 9.72 Å². The van der Waals surface area contributed by atoms with Crippen molar-refractivity contribution in [3.05, 3.63) is 86.9 Å². The topological polar surface area (TPSA) is 44.1 Å². The number of fused-ring (bicyclic) bond motifs is 3. The molecule has 4 nitrogen and oxygen atoms in total. The van der Waals surface area contributed by atoms with Crippen LogP contribution >= 0.6 is 38.5 Å². The second-order valence-corrected chi connectivity index (χ2v) is 10.5. The first-order valence-corrected chi connectivity index (χ1v) is 12.9. The number of para-hydroxylation sites is 1. The minimum atomic E-state index is -0.408. The van der Waals surface area contributed by atoms with Gasteiger partial charge in [0.1, 0.15) is 0 Å². The van der Waals surface area contributed by atoms with Gasteiger partial charge in [-0.25, -0.2) is 14.3 Å². The zero-order valence-electron chi connectivity index (χ0n) is 18.8. The quantitative estimate of drug-likeness (QED) is 0.188. The van der Waals surface area contributed by atoms with Crippen LogP contribution in [0.25, 0.3) is 44.3 Å². The number of rotatable bonds is 4. The van der Waals surface area contributed by atoms with Gasteiger partial charge in [-0.3, -0.25) is 0 Å². The largest absolute Gasteiger partial charge is 0.449 e. The lowest BCUT2D eigenvalue weighted by Crippen LogP contribution is -2.17. The highest BCUT2D eigenvalue weighted by Gasteiger charge is 2.25. The van der Waals surface area contributed by atoms with Crippen LogP contribution in [0, 0.1) is 9.49 Å². The highest BCUT2D eigenvalue weighted by atomic mass is 127. The van der Waals surface area contributed by atoms with Crippen molar-refractivity contribution in [2.45, 2.75) is 13.8 Å². The Morgan fingerprint density at radius 3 is 2.35 bits per heavy atom. The molecule has 0 aliphatic heterocycles. The number of halogens is 2. The molecule has 5 aromatic rings. The second-order valence-electron chi connectivity index (χ2n) is 8.54. The van der Waals surface area contributed by atoms with E-state index < -0.39 is 6.09 Å². The number of pyridine rings is 1. The van der Waals surface area contributed by atoms with Crippen LogP contribution in [0.4, 0.5) is 4.79 Å². The smallest absolute Gasteiger partial charge is 0.420 e. The SMILES string of the molecule is CC(C)COC(=O)n1c2ccccc2c2c(-c3ccc(Br)cc3)c(I)c(-c3ccccc3)nc21. The van der Waals surface area contributed by atoms with Crippen LogP contribution in [0.15, 0.2) is 83.3 Å². The van der Waals surface area contributed by atoms with E-state index in [1.807, 2.05) is 80.6 Å². The third-order valence-electron chi connectivity index (χ3n) is 5.65. The second kappa shape index (κ2) is 9.50. The Hall–Kier alpha value is -2.71. The lowest BCUT2D eigenvalue weighted by atomic mass is 9.98. The molecule has 3 aromatic carbocycles. The molecule has 0 saturated carbocycles. The standard InChI is InChI=1S/C28H22BrIN2O2/c1-17(2)16-34-28(33)32-22-11-7-6-10-21(22)24-23(18-12-14-20(29)15-13-18)25(30)26(31-27(24)32)19-8-4-3-5-9-19/h3-15,17H,16H2,1-2H3. The fourth-order valence-electron chi connectivity index (χ4n) is 4.12. The number of aromatic nitrogens is 2. The molecule has 0 amide bonds. The molecule has 5 rings (SSSR count). The van der Waals surface area contributed by atoms with Crippen LogP contribution in [-0.4, -0.2) is 22.3 Å². The van der Waals surface area contributed by atoms with E-state index in [2.05, 4.69) is 50.7 Å². The molecular formula is C28H22BrIN2O2. The van der Waals surface area contributed by atoms with Gasteiger partial charge < -0.3 is 4.74 Å². The van der Waals surface area contributed by atoms with Crippen LogP contribution < -0.4 is 0 Å². The summed E-state index contributed by atoms with van der Waals surface area (Å²) in [5, 5.41) is 1.92. The van der Waals surface area contributed by atoms with Crippen molar-refractivity contribution >= 4 is 66.6 Å². The minimum absolute atomic E-state index is 0.240. The molecule has 0 unspecified atom stereocenters. The lowest BCUT2D eigenvalue weighted by Gasteiger charge is -2.14. The number of carbonyl (C=O) groups excluding carboxylic acids is 1. The zero-order valence-corrected chi connectivity index (χ0v) is 22.5. The third kappa shape index (κ3) is 4.14. The Balaban J connectivity index is 1.91. The Morgan fingerprint density at radius 2 is 1.65 bits per heavy atom. The van der Waals surface area contributed by atoms with E-state index in [1.165, 1.54) is 0 Å². The van der Waals surface area contributed by atoms with Gasteiger partial charge in [0.15, 0.2) is 5.65 Å². The highest BCUT2D eigenvalue weighted by molar-refractivity contribution is 14.1. The Labute approximate surface area is 220 Å². The summed E-state index contributed by atoms with van der Waals surface area (Å²) >= 11 is 5.94. The van der Waals surface area contributed by atoms with Gasteiger partial charge in [-0.2, -0.15) is 0 Å². The summed E-state index contributed by atoms with van der Waals surface area (Å²) in [6.45, 7) is 4.40. The monoisotopic (exact) mass is 624 g/mol. The van der Waals surface area contributed by atoms with E-state index >= 15 is 0 Å². The van der Waals surface area contributed by atoms with Gasteiger partial charge in [0.25, 0.3) is 0 Å². The molecule has 2 heterocycles. The Kier molecular flexibility index (Phi) is 6.44. The molecule has 170 valence electrons. The summed E-state index contributed by atoms with van der Waals surface area (Å²) < 4.78 is 9.35. The lowest BCUT2D eigenvalue weighted by molar-refractivity contribution is 0.136. The predicted octanol–water partition coefficient (Wildman–Crippen LogP) is 8.53. The van der Waals surface area contributed by atoms with Crippen molar-refractivity contribution < 1.29 is 9.53 Å². The molecule has 0 radical (unpaired) electrons. The first kappa shape index (κ1) is 23.1. The molecular weight excluding hydrogens is 603 g/mol. The van der Waals surface area contributed by atoms with E-state index in [1.54, 1.807) is 4.57 Å². The van der Waals surface area contributed by atoms with Crippen LogP contribution in [0.1, 0.15) is 13.8 Å². The number of ether oxygens (including phenoxy) is 1. The van der Waals surface area contributed by atoms with Gasteiger partial charge in [-0.15, -0.1) is 0 Å². The van der Waals surface area contributed by atoms with Crippen molar-refractivity contribution in [3.8, 4) is 22.4 Å². The van der Waals surface area contributed by atoms with E-state index in [0.29, 0.717) is 12.3 Å². The summed E-state index contributed by atoms with van der Waals surface area (Å²) in [5.74, 6) is 0.240. The maximum atomic E-state index is 13.4. The average molecular weight is 625 g/mol. The van der Waals surface area contributed by atoms with Crippen molar-refractivity contribution in [3.63, 3.8) is 0 Å². The fourth-order valence-corrected chi connectivity index (χ4v) is 5.40. The highest BCUT2D eigenvalue weighted by Crippen LogP contribution is 2.42. The fraction of sp³-hybridized carbons (Fsp3) is 0.143. The molecule has 0 N–H and O–H groups in total. The number of benzene rings is 3. The summed E-state index contributed by atoms with van der Waals surface area (Å²) in [5.41, 5.74) is 5.36. The first-order valence-electron chi connectivity index (χ1n) is 11.1. The van der Waals surface area contributed by atoms with Gasteiger partial charge in [0.05, 0.1) is 17.8 Å². The average Bonchev–Trinajstić information content (AvgIpc) is 3.17. The molecule has 0 atom stereocenters. The van der Waals surface area contributed by atoms with Crippen LogP contribution in [0.2, 0.25) is 0 Å². The minimum Gasteiger partial charge on any atom is -0.449 e. The van der Waals surface area contributed by atoms with Crippen molar-refractivity contribution in [1.82, 2.24) is 9.55 Å². The number of hydrogen-bond acceptors (Lipinski definition) is 3. The predicted molar refractivity (Wildman–Crippen MR) is 150 cm³/mol. The summed E-state index contributed by atoms with van der Waals surface area (Å²) in [6, 6.07) is 26.3. The molecule has 0 fully saturated rings. The molecule has 6 heteroatoms. The maximum Gasteiger partial charge on any atom is 0.420 e. The first-order chi connectivity index (χ1) is 16.5. The van der Waals surface area contributed by atoms with E-state index in [0.717, 1.165) is 46.7 Å². The summed E-state index contributed by atoms with van der Waals surface area (Å²) in [7, 11) is 0. The van der Waals surface area contributed by atoms with Gasteiger partial charge >= 0.3 is 6.09 Å². The van der Waals surface area contributed by atoms with Crippen molar-refractivity contribution in [1.29, 1.82) is 0 Å². The van der Waals surface area contributed by atoms with Gasteiger partial charge in [-0.1, -0.05) is 90.4 Å². The van der Waals surface area contributed by atoms with Crippen molar-refractivity contribution in [2.24, 2.45) is 5.92 Å². The molecule has 0 aliphatic carbocycles. The molecule has 0 bridgehead atoms. The third-order valence-corrected chi connectivity index (χ3v) is 7.23. The number of carbonyl (C=O) groups is 1. The zero-order chi connectivity index (χ0) is 23.8. The van der Waals surface area contributed by atoms with Gasteiger partial charge in [-0.05, 0) is 52.3 Å². The molecule has 0 aliphatic rings. The normalized spacial score (nSPS) is 11.4. The summed E-state index contributed by atoms with van der Waals surface area (Å²) in [4.78, 5) is 18.4. The maximum absolute atomic E-state index is 13.4. The van der Waals surface area contributed by atoms with Crippen LogP contribution in [0.3, 0.4) is 0 Å². The van der Waals surface area contributed by atoms with Gasteiger partial charge in [0.2, 0.25) is 0 Å². The van der Waals surface area contributed by atoms with Gasteiger partial charge in [0, 0.05) is 29.9 Å². The number of hydrogen-bond donors (Lipinski definition) is 0. The van der Waals surface area contributed by atoms with Crippen molar-refractivity contribution in [2.75, 3.05) is 6.61 Å². The molecule has 34 heavy (non-hydrogen) atoms. The summed E-state index contributed by atoms with van der Waals surface area (Å²) in [6.07, 6.45) is -0.408. The Morgan fingerprint density at radius 1 is 0.971 bits per heavy atom. The van der Waals surface area contributed by atoms with E-state index in [9.17, 15) is 4.79 Å². The molecule has 0 spiro atoms. The molecule has 0 saturated heterocycles. The molecule has 2 aromatic heterocycles. The number of nitrogens with zero attached hydrogens (tertiary/aromatic N) is 2. The van der Waals surface area contributed by atoms with E-state index in [-0.39, 0.29) is 5.92 Å². The van der Waals surface area contributed by atoms with Crippen LogP contribution in [-0.2, 0) is 4.74 Å². The Bertz CT molecular complexity index is 1510. The van der Waals surface area contributed by atoms with Crippen LogP contribution in [0.5, 0.6) is 0 Å².